The summed E-state index contributed by atoms with van der Waals surface area (Å²) >= 11 is 0. The molecule has 1 N–H and O–H groups in total. The van der Waals surface area contributed by atoms with Crippen molar-refractivity contribution in [1.82, 2.24) is 20.3 Å². The Morgan fingerprint density at radius 2 is 1.89 bits per heavy atom. The van der Waals surface area contributed by atoms with Crippen LogP contribution in [0.3, 0.4) is 0 Å². The molecule has 28 heavy (non-hydrogen) atoms. The quantitative estimate of drug-likeness (QED) is 0.776. The van der Waals surface area contributed by atoms with Crippen LogP contribution in [0, 0.1) is 0 Å². The van der Waals surface area contributed by atoms with Crippen molar-refractivity contribution in [2.75, 3.05) is 50.2 Å². The number of nitrogens with one attached hydrogen (secondary N) is 1. The van der Waals surface area contributed by atoms with Gasteiger partial charge in [-0.3, -0.25) is 4.79 Å². The summed E-state index contributed by atoms with van der Waals surface area (Å²) in [5, 5.41) is 2.99. The summed E-state index contributed by atoms with van der Waals surface area (Å²) in [6, 6.07) is 9.83. The van der Waals surface area contributed by atoms with Crippen molar-refractivity contribution in [3.05, 3.63) is 41.7 Å². The third kappa shape index (κ3) is 4.95. The number of hydrogen-bond acceptors (Lipinski definition) is 7. The van der Waals surface area contributed by atoms with E-state index in [0.29, 0.717) is 30.9 Å². The number of morpholine rings is 1. The molecule has 0 radical (unpaired) electrons. The normalized spacial score (nSPS) is 15.2. The van der Waals surface area contributed by atoms with Crippen LogP contribution in [0.5, 0.6) is 0 Å². The number of hydrogen-bond donors (Lipinski definition) is 1. The first-order valence-electron chi connectivity index (χ1n) is 9.66. The Morgan fingerprint density at radius 1 is 1.18 bits per heavy atom. The first kappa shape index (κ1) is 20.0. The predicted molar refractivity (Wildman–Crippen MR) is 109 cm³/mol. The van der Waals surface area contributed by atoms with E-state index < -0.39 is 0 Å². The largest absolute Gasteiger partial charge is 0.378 e. The van der Waals surface area contributed by atoms with Crippen molar-refractivity contribution >= 4 is 17.8 Å². The monoisotopic (exact) mass is 384 g/mol. The Morgan fingerprint density at radius 3 is 2.54 bits per heavy atom. The van der Waals surface area contributed by atoms with Crippen LogP contribution in [-0.4, -0.2) is 61.3 Å². The van der Waals surface area contributed by atoms with Crippen LogP contribution >= 0.6 is 0 Å². The zero-order valence-corrected chi connectivity index (χ0v) is 16.8. The second-order valence-electron chi connectivity index (χ2n) is 6.93. The Kier molecular flexibility index (Phi) is 6.76. The average Bonchev–Trinajstić information content (AvgIpc) is 2.74. The van der Waals surface area contributed by atoms with Gasteiger partial charge in [0.25, 0.3) is 0 Å². The molecule has 1 fully saturated rings. The Bertz CT molecular complexity index is 778. The molecule has 0 aliphatic carbocycles. The van der Waals surface area contributed by atoms with Crippen LogP contribution in [0.15, 0.2) is 30.3 Å². The average molecular weight is 384 g/mol. The van der Waals surface area contributed by atoms with Gasteiger partial charge >= 0.3 is 0 Å². The number of aromatic nitrogens is 3. The van der Waals surface area contributed by atoms with Crippen molar-refractivity contribution < 1.29 is 9.53 Å². The van der Waals surface area contributed by atoms with E-state index in [0.717, 1.165) is 25.1 Å². The number of rotatable bonds is 7. The van der Waals surface area contributed by atoms with Gasteiger partial charge in [-0.1, -0.05) is 37.3 Å². The molecule has 1 aliphatic heterocycles. The summed E-state index contributed by atoms with van der Waals surface area (Å²) in [5.41, 5.74) is 1.01. The highest BCUT2D eigenvalue weighted by atomic mass is 16.5. The predicted octanol–water partition coefficient (Wildman–Crippen LogP) is 1.58. The van der Waals surface area contributed by atoms with Crippen LogP contribution < -0.4 is 15.1 Å². The molecule has 8 heteroatoms. The molecule has 0 spiro atoms. The van der Waals surface area contributed by atoms with Crippen LogP contribution in [0.25, 0.3) is 0 Å². The van der Waals surface area contributed by atoms with E-state index in [4.69, 9.17) is 4.74 Å². The lowest BCUT2D eigenvalue weighted by atomic mass is 9.96. The molecule has 150 valence electrons. The smallest absolute Gasteiger partial charge is 0.230 e. The summed E-state index contributed by atoms with van der Waals surface area (Å²) in [6.07, 6.45) is 0.731. The van der Waals surface area contributed by atoms with Gasteiger partial charge in [-0.05, 0) is 12.0 Å². The van der Waals surface area contributed by atoms with E-state index in [1.165, 1.54) is 0 Å². The summed E-state index contributed by atoms with van der Waals surface area (Å²) in [5.74, 6) is 1.55. The Balaban J connectivity index is 1.73. The van der Waals surface area contributed by atoms with E-state index in [2.05, 4.69) is 25.2 Å². The van der Waals surface area contributed by atoms with Gasteiger partial charge in [-0.25, -0.2) is 0 Å². The van der Waals surface area contributed by atoms with Gasteiger partial charge < -0.3 is 19.9 Å². The maximum Gasteiger partial charge on any atom is 0.230 e. The van der Waals surface area contributed by atoms with E-state index >= 15 is 0 Å². The van der Waals surface area contributed by atoms with Gasteiger partial charge in [0.2, 0.25) is 17.8 Å². The van der Waals surface area contributed by atoms with Crippen molar-refractivity contribution in [3.8, 4) is 0 Å². The number of carbonyl (C=O) groups excluding carboxylic acids is 1. The lowest BCUT2D eigenvalue weighted by molar-refractivity contribution is -0.122. The highest BCUT2D eigenvalue weighted by molar-refractivity contribution is 5.83. The van der Waals surface area contributed by atoms with Crippen LogP contribution in [0.2, 0.25) is 0 Å². The number of carbonyl (C=O) groups is 1. The SMILES string of the molecule is CCC(C(=O)NCc1nc(N(C)C)nc(N2CCOCC2)n1)c1ccccc1. The molecular formula is C20H28N6O2. The maximum atomic E-state index is 12.7. The van der Waals surface area contributed by atoms with Crippen LogP contribution in [0.4, 0.5) is 11.9 Å². The summed E-state index contributed by atoms with van der Waals surface area (Å²) in [6.45, 7) is 5.08. The number of ether oxygens (including phenoxy) is 1. The van der Waals surface area contributed by atoms with E-state index in [9.17, 15) is 4.79 Å². The molecule has 0 saturated carbocycles. The number of nitrogens with zero attached hydrogens (tertiary/aromatic N) is 5. The highest BCUT2D eigenvalue weighted by Crippen LogP contribution is 2.19. The van der Waals surface area contributed by atoms with Crippen molar-refractivity contribution in [2.24, 2.45) is 0 Å². The summed E-state index contributed by atoms with van der Waals surface area (Å²) in [7, 11) is 3.78. The summed E-state index contributed by atoms with van der Waals surface area (Å²) < 4.78 is 5.41. The first-order chi connectivity index (χ1) is 13.6. The van der Waals surface area contributed by atoms with Gasteiger partial charge in [-0.15, -0.1) is 0 Å². The number of amides is 1. The van der Waals surface area contributed by atoms with Gasteiger partial charge in [-0.2, -0.15) is 15.0 Å². The molecule has 1 atom stereocenters. The molecule has 1 amide bonds. The molecule has 1 aromatic carbocycles. The highest BCUT2D eigenvalue weighted by Gasteiger charge is 2.20. The van der Waals surface area contributed by atoms with Gasteiger partial charge in [0.05, 0.1) is 25.7 Å². The van der Waals surface area contributed by atoms with Crippen molar-refractivity contribution in [3.63, 3.8) is 0 Å². The number of benzene rings is 1. The topological polar surface area (TPSA) is 83.5 Å². The standard InChI is InChI=1S/C20H28N6O2/c1-4-16(15-8-6-5-7-9-15)18(27)21-14-17-22-19(25(2)3)24-20(23-17)26-10-12-28-13-11-26/h5-9,16H,4,10-14H2,1-3H3,(H,21,27). The fraction of sp³-hybridized carbons (Fsp3) is 0.500. The Hall–Kier alpha value is -2.74. The van der Waals surface area contributed by atoms with E-state index in [-0.39, 0.29) is 18.4 Å². The number of anilines is 2. The minimum absolute atomic E-state index is 0.0200. The lowest BCUT2D eigenvalue weighted by Crippen LogP contribution is -2.38. The minimum atomic E-state index is -0.185. The summed E-state index contributed by atoms with van der Waals surface area (Å²) in [4.78, 5) is 30.3. The molecule has 1 aromatic heterocycles. The fourth-order valence-electron chi connectivity index (χ4n) is 3.13. The molecule has 0 bridgehead atoms. The van der Waals surface area contributed by atoms with Crippen LogP contribution in [-0.2, 0) is 16.1 Å². The zero-order chi connectivity index (χ0) is 19.9. The van der Waals surface area contributed by atoms with Crippen molar-refractivity contribution in [2.45, 2.75) is 25.8 Å². The third-order valence-corrected chi connectivity index (χ3v) is 4.70. The molecule has 1 unspecified atom stereocenters. The van der Waals surface area contributed by atoms with Gasteiger partial charge in [0, 0.05) is 27.2 Å². The third-order valence-electron chi connectivity index (χ3n) is 4.70. The van der Waals surface area contributed by atoms with E-state index in [1.54, 1.807) is 0 Å². The zero-order valence-electron chi connectivity index (χ0n) is 16.8. The second-order valence-corrected chi connectivity index (χ2v) is 6.93. The first-order valence-corrected chi connectivity index (χ1v) is 9.66. The molecule has 1 saturated heterocycles. The minimum Gasteiger partial charge on any atom is -0.378 e. The second kappa shape index (κ2) is 9.45. The molecule has 8 nitrogen and oxygen atoms in total. The fourth-order valence-corrected chi connectivity index (χ4v) is 3.13. The van der Waals surface area contributed by atoms with Crippen LogP contribution in [0.1, 0.15) is 30.7 Å². The Labute approximate surface area is 166 Å². The molecular weight excluding hydrogens is 356 g/mol. The molecule has 3 rings (SSSR count). The molecule has 2 aromatic rings. The maximum absolute atomic E-state index is 12.7. The van der Waals surface area contributed by atoms with Gasteiger partial charge in [0.15, 0.2) is 5.82 Å². The lowest BCUT2D eigenvalue weighted by Gasteiger charge is -2.27. The molecule has 1 aliphatic rings. The van der Waals surface area contributed by atoms with Crippen molar-refractivity contribution in [1.29, 1.82) is 0 Å². The molecule has 2 heterocycles. The van der Waals surface area contributed by atoms with E-state index in [1.807, 2.05) is 56.3 Å². The van der Waals surface area contributed by atoms with Gasteiger partial charge in [0.1, 0.15) is 0 Å².